The number of ketones is 3. The van der Waals surface area contributed by atoms with Crippen molar-refractivity contribution in [1.82, 2.24) is 4.90 Å². The second-order valence-corrected chi connectivity index (χ2v) is 19.9. The van der Waals surface area contributed by atoms with Crippen molar-refractivity contribution in [2.24, 2.45) is 47.3 Å². The monoisotopic (exact) mass is 914 g/mol. The molecule has 0 aromatic carbocycles. The molecule has 14 nitrogen and oxygen atoms in total. The molecule has 3 unspecified atom stereocenters. The highest BCUT2D eigenvalue weighted by Crippen LogP contribution is 2.38. The van der Waals surface area contributed by atoms with Crippen molar-refractivity contribution in [2.45, 2.75) is 168 Å². The summed E-state index contributed by atoms with van der Waals surface area (Å²) in [5.41, 5.74) is 1.14. The van der Waals surface area contributed by atoms with Crippen molar-refractivity contribution in [3.8, 4) is 0 Å². The Bertz CT molecular complexity index is 1760. The second-order valence-electron chi connectivity index (χ2n) is 19.9. The predicted octanol–water partition coefficient (Wildman–Crippen LogP) is 5.37. The number of hydrogen-bond donors (Lipinski definition) is 5. The van der Waals surface area contributed by atoms with Crippen LogP contribution >= 0.6 is 0 Å². The van der Waals surface area contributed by atoms with Crippen LogP contribution in [0.3, 0.4) is 0 Å². The van der Waals surface area contributed by atoms with E-state index in [9.17, 15) is 49.5 Å². The number of carbonyl (C=O) groups excluding carboxylic acids is 5. The number of nitrogens with zero attached hydrogens (tertiary/aromatic N) is 1. The van der Waals surface area contributed by atoms with Crippen molar-refractivity contribution >= 4 is 29.2 Å². The minimum absolute atomic E-state index is 0.00899. The quantitative estimate of drug-likeness (QED) is 0.168. The van der Waals surface area contributed by atoms with Gasteiger partial charge in [-0.1, -0.05) is 71.1 Å². The third kappa shape index (κ3) is 14.3. The smallest absolute Gasteiger partial charge is 0.329 e. The van der Waals surface area contributed by atoms with E-state index in [0.717, 1.165) is 5.57 Å². The lowest BCUT2D eigenvalue weighted by atomic mass is 9.75. The summed E-state index contributed by atoms with van der Waals surface area (Å²) in [7, 11) is 1.57. The summed E-state index contributed by atoms with van der Waals surface area (Å²) in [4.78, 5) is 71.6. The van der Waals surface area contributed by atoms with Gasteiger partial charge in [-0.25, -0.2) is 4.79 Å². The fourth-order valence-corrected chi connectivity index (χ4v) is 10.3. The molecule has 0 spiro atoms. The number of cyclic esters (lactones) is 1. The molecule has 14 heteroatoms. The third-order valence-electron chi connectivity index (χ3n) is 14.7. The molecule has 4 aliphatic rings. The number of esters is 1. The van der Waals surface area contributed by atoms with Gasteiger partial charge < -0.3 is 44.6 Å². The highest BCUT2D eigenvalue weighted by molar-refractivity contribution is 6.39. The molecule has 366 valence electrons. The van der Waals surface area contributed by atoms with Crippen LogP contribution < -0.4 is 0 Å². The van der Waals surface area contributed by atoms with Crippen LogP contribution in [0, 0.1) is 47.3 Å². The average molecular weight is 914 g/mol. The summed E-state index contributed by atoms with van der Waals surface area (Å²) in [6.45, 7) is 11.8. The van der Waals surface area contributed by atoms with Crippen LogP contribution in [0.15, 0.2) is 47.6 Å². The number of hydrogen-bond acceptors (Lipinski definition) is 13. The first-order chi connectivity index (χ1) is 30.7. The number of amides is 1. The second kappa shape index (κ2) is 25.1. The topological polar surface area (TPSA) is 217 Å². The normalized spacial score (nSPS) is 37.8. The Morgan fingerprint density at radius 1 is 0.892 bits per heavy atom. The molecular weight excluding hydrogens is 835 g/mol. The van der Waals surface area contributed by atoms with Gasteiger partial charge in [0.25, 0.3) is 11.7 Å². The van der Waals surface area contributed by atoms with Gasteiger partial charge in [0, 0.05) is 56.8 Å². The van der Waals surface area contributed by atoms with Crippen molar-refractivity contribution in [3.05, 3.63) is 47.6 Å². The van der Waals surface area contributed by atoms with E-state index in [0.29, 0.717) is 64.2 Å². The zero-order valence-electron chi connectivity index (χ0n) is 40.1. The lowest BCUT2D eigenvalue weighted by molar-refractivity contribution is -0.265. The van der Waals surface area contributed by atoms with E-state index < -0.39 is 90.3 Å². The van der Waals surface area contributed by atoms with E-state index in [1.165, 1.54) is 4.90 Å². The van der Waals surface area contributed by atoms with Gasteiger partial charge in [-0.05, 0) is 107 Å². The summed E-state index contributed by atoms with van der Waals surface area (Å²) < 4.78 is 18.2. The van der Waals surface area contributed by atoms with E-state index in [-0.39, 0.29) is 66.8 Å². The molecule has 3 aliphatic heterocycles. The maximum absolute atomic E-state index is 14.3. The molecule has 0 aromatic heterocycles. The molecule has 0 radical (unpaired) electrons. The fourth-order valence-electron chi connectivity index (χ4n) is 10.3. The summed E-state index contributed by atoms with van der Waals surface area (Å²) in [6, 6.07) is -1.17. The number of aliphatic hydroxyl groups is 5. The number of allylic oxidation sites excluding steroid dienone is 6. The molecule has 3 fully saturated rings. The molecule has 1 amide bonds. The Balaban J connectivity index is 1.70. The molecule has 1 saturated carbocycles. The first-order valence-electron chi connectivity index (χ1n) is 24.1. The van der Waals surface area contributed by atoms with E-state index in [1.807, 2.05) is 51.2 Å². The number of piperidine rings is 1. The SMILES string of the molecule is CO[C@@H]1C[C@@H]2CC[C@@H](C)[C@@](O)(O2)C(=O)C(=O)N2CCCC[C@H]2C(=O)OC([C@H](C)CC2CC[C@@H](O)[C@H](CO)C2)CC(=O)C(C)=CC(C)[C@@H](O)[C@@H](CO)C(=O)[C@@H](C)C[C@H](C)C=CC=CC=C1C. The van der Waals surface area contributed by atoms with Crippen molar-refractivity contribution < 1.29 is 63.7 Å². The van der Waals surface area contributed by atoms with Crippen LogP contribution in [0.5, 0.6) is 0 Å². The van der Waals surface area contributed by atoms with E-state index in [1.54, 1.807) is 40.9 Å². The Morgan fingerprint density at radius 3 is 2.29 bits per heavy atom. The highest BCUT2D eigenvalue weighted by atomic mass is 16.6. The number of aliphatic hydroxyl groups excluding tert-OH is 4. The number of carbonyl (C=O) groups is 5. The van der Waals surface area contributed by atoms with Gasteiger partial charge in [-0.2, -0.15) is 0 Å². The lowest BCUT2D eigenvalue weighted by Gasteiger charge is -2.42. The van der Waals surface area contributed by atoms with Crippen LogP contribution in [-0.4, -0.2) is 129 Å². The molecule has 5 N–H and O–H groups in total. The van der Waals surface area contributed by atoms with Crippen molar-refractivity contribution in [2.75, 3.05) is 26.9 Å². The van der Waals surface area contributed by atoms with Gasteiger partial charge in [0.05, 0.1) is 36.9 Å². The molecule has 0 aromatic rings. The molecule has 65 heavy (non-hydrogen) atoms. The number of rotatable bonds is 6. The van der Waals surface area contributed by atoms with Crippen molar-refractivity contribution in [3.63, 3.8) is 0 Å². The maximum Gasteiger partial charge on any atom is 0.329 e. The number of fused-ring (bicyclic) bond motifs is 3. The zero-order valence-corrected chi connectivity index (χ0v) is 40.1. The van der Waals surface area contributed by atoms with Gasteiger partial charge >= 0.3 is 5.97 Å². The van der Waals surface area contributed by atoms with E-state index >= 15 is 0 Å². The molecule has 3 heterocycles. The van der Waals surface area contributed by atoms with Crippen LogP contribution in [0.1, 0.15) is 126 Å². The highest BCUT2D eigenvalue weighted by Gasteiger charge is 2.53. The summed E-state index contributed by atoms with van der Waals surface area (Å²) in [5.74, 6) is -9.67. The Morgan fingerprint density at radius 2 is 1.62 bits per heavy atom. The van der Waals surface area contributed by atoms with Crippen LogP contribution in [0.2, 0.25) is 0 Å². The first-order valence-corrected chi connectivity index (χ1v) is 24.1. The standard InChI is InChI=1S/C51H79NO13/c1-30-14-10-9-11-15-31(2)44(63-8)26-39-19-17-36(7)51(62,65-39)48(59)49(60)52-21-13-12-16-41(52)50(61)64-45(33(4)24-37-18-20-42(55)38(25-37)28-53)27-43(56)32(3)23-35(6)47(58)40(29-54)46(57)34(5)22-30/h9-11,14-15,23,30,33-42,44-45,47,53-55,58,62H,12-13,16-22,24-29H2,1-8H3/t30-,33-,34+,35?,36-,37?,38+,39+,40+,41+,42-,44-,45?,47-,51-/m1/s1. The predicted molar refractivity (Wildman–Crippen MR) is 245 cm³/mol. The average Bonchev–Trinajstić information content (AvgIpc) is 3.28. The van der Waals surface area contributed by atoms with Gasteiger partial charge in [0.2, 0.25) is 5.79 Å². The fraction of sp³-hybridized carbons (Fsp3) is 0.745. The lowest BCUT2D eigenvalue weighted by Crippen LogP contribution is -2.61. The maximum atomic E-state index is 14.3. The first kappa shape index (κ1) is 54.2. The third-order valence-corrected chi connectivity index (χ3v) is 14.7. The Hall–Kier alpha value is -3.37. The minimum atomic E-state index is -2.44. The van der Waals surface area contributed by atoms with Crippen LogP contribution in [0.25, 0.3) is 0 Å². The minimum Gasteiger partial charge on any atom is -0.460 e. The molecular formula is C51H79NO13. The van der Waals surface area contributed by atoms with E-state index in [4.69, 9.17) is 14.2 Å². The van der Waals surface area contributed by atoms with Gasteiger partial charge in [0.1, 0.15) is 17.9 Å². The molecule has 2 saturated heterocycles. The number of methoxy groups -OCH3 is 1. The summed E-state index contributed by atoms with van der Waals surface area (Å²) in [6.07, 6.45) is 12.1. The Labute approximate surface area is 386 Å². The van der Waals surface area contributed by atoms with Gasteiger partial charge in [-0.15, -0.1) is 0 Å². The van der Waals surface area contributed by atoms with E-state index in [2.05, 4.69) is 0 Å². The number of ether oxygens (including phenoxy) is 3. The van der Waals surface area contributed by atoms with Crippen LogP contribution in [0.4, 0.5) is 0 Å². The zero-order chi connectivity index (χ0) is 48.2. The Kier molecular flexibility index (Phi) is 21.0. The largest absolute Gasteiger partial charge is 0.460 e. The molecule has 1 aliphatic carbocycles. The van der Waals surface area contributed by atoms with Crippen LogP contribution in [-0.2, 0) is 38.2 Å². The van der Waals surface area contributed by atoms with Gasteiger partial charge in [-0.3, -0.25) is 19.2 Å². The van der Waals surface area contributed by atoms with Gasteiger partial charge in [0.15, 0.2) is 5.78 Å². The molecule has 4 rings (SSSR count). The van der Waals surface area contributed by atoms with Crippen molar-refractivity contribution in [1.29, 1.82) is 0 Å². The molecule has 2 bridgehead atoms. The summed E-state index contributed by atoms with van der Waals surface area (Å²) in [5, 5.41) is 54.0. The molecule has 15 atom stereocenters. The summed E-state index contributed by atoms with van der Waals surface area (Å²) >= 11 is 0. The number of Topliss-reactive ketones (excluding diaryl/α,β-unsaturated/α-hetero) is 3.